The number of nitrogens with zero attached hydrogens (tertiary/aromatic N) is 4. The van der Waals surface area contributed by atoms with E-state index in [0.29, 0.717) is 31.9 Å². The minimum Gasteiger partial charge on any atom is -0.394 e. The van der Waals surface area contributed by atoms with Gasteiger partial charge in [0.2, 0.25) is 0 Å². The van der Waals surface area contributed by atoms with Crippen molar-refractivity contribution in [2.24, 2.45) is 0 Å². The predicted molar refractivity (Wildman–Crippen MR) is 88.0 cm³/mol. The largest absolute Gasteiger partial charge is 0.394 e. The standard InChI is InChI=1S/C15H23N5O3S/c1-2-14-16-10-15(17-14)24(22,23)20-6-3-4-12(11-20)13-5-7-19(18-13)8-9-21/h5,7,10,12,21H,2-4,6,8-9,11H2,1H3,(H,16,17)/t12-/m1/s1. The molecule has 0 bridgehead atoms. The molecule has 1 saturated heterocycles. The Morgan fingerprint density at radius 3 is 3.00 bits per heavy atom. The first-order valence-corrected chi connectivity index (χ1v) is 9.67. The zero-order chi connectivity index (χ0) is 17.2. The molecule has 0 amide bonds. The topological polar surface area (TPSA) is 104 Å². The zero-order valence-corrected chi connectivity index (χ0v) is 14.5. The van der Waals surface area contributed by atoms with E-state index in [2.05, 4.69) is 15.1 Å². The van der Waals surface area contributed by atoms with E-state index in [1.54, 1.807) is 4.68 Å². The summed E-state index contributed by atoms with van der Waals surface area (Å²) < 4.78 is 28.8. The van der Waals surface area contributed by atoms with Gasteiger partial charge in [-0.05, 0) is 18.9 Å². The number of piperidine rings is 1. The lowest BCUT2D eigenvalue weighted by molar-refractivity contribution is 0.267. The van der Waals surface area contributed by atoms with Gasteiger partial charge in [0.1, 0.15) is 5.82 Å². The number of rotatable bonds is 6. The maximum atomic E-state index is 12.8. The summed E-state index contributed by atoms with van der Waals surface area (Å²) in [5.41, 5.74) is 0.877. The second kappa shape index (κ2) is 7.04. The van der Waals surface area contributed by atoms with Crippen molar-refractivity contribution < 1.29 is 13.5 Å². The first-order chi connectivity index (χ1) is 11.5. The Labute approximate surface area is 141 Å². The summed E-state index contributed by atoms with van der Waals surface area (Å²) in [6.07, 6.45) is 5.59. The van der Waals surface area contributed by atoms with Gasteiger partial charge in [-0.25, -0.2) is 13.4 Å². The Bertz CT molecular complexity index is 783. The van der Waals surface area contributed by atoms with Gasteiger partial charge >= 0.3 is 0 Å². The summed E-state index contributed by atoms with van der Waals surface area (Å²) in [4.78, 5) is 6.98. The molecular weight excluding hydrogens is 330 g/mol. The number of aromatic amines is 1. The number of nitrogens with one attached hydrogen (secondary N) is 1. The third-order valence-electron chi connectivity index (χ3n) is 4.35. The van der Waals surface area contributed by atoms with E-state index in [4.69, 9.17) is 5.11 Å². The van der Waals surface area contributed by atoms with Crippen LogP contribution in [-0.4, -0.2) is 57.3 Å². The van der Waals surface area contributed by atoms with Crippen LogP contribution in [0.2, 0.25) is 0 Å². The third-order valence-corrected chi connectivity index (χ3v) is 6.13. The first kappa shape index (κ1) is 17.1. The molecule has 1 aliphatic rings. The number of sulfonamides is 1. The second-order valence-electron chi connectivity index (χ2n) is 5.98. The average molecular weight is 353 g/mol. The van der Waals surface area contributed by atoms with Gasteiger partial charge in [-0.15, -0.1) is 0 Å². The van der Waals surface area contributed by atoms with Crippen molar-refractivity contribution in [2.45, 2.75) is 43.7 Å². The molecule has 0 unspecified atom stereocenters. The fraction of sp³-hybridized carbons (Fsp3) is 0.600. The normalized spacial score (nSPS) is 19.7. The van der Waals surface area contributed by atoms with Crippen molar-refractivity contribution in [3.63, 3.8) is 0 Å². The van der Waals surface area contributed by atoms with Gasteiger partial charge in [0, 0.05) is 31.6 Å². The molecule has 8 nitrogen and oxygen atoms in total. The van der Waals surface area contributed by atoms with Crippen LogP contribution in [0.3, 0.4) is 0 Å². The van der Waals surface area contributed by atoms with Crippen LogP contribution in [0.25, 0.3) is 0 Å². The maximum Gasteiger partial charge on any atom is 0.260 e. The minimum atomic E-state index is -3.55. The van der Waals surface area contributed by atoms with Crippen molar-refractivity contribution in [1.82, 2.24) is 24.1 Å². The highest BCUT2D eigenvalue weighted by Gasteiger charge is 2.32. The Morgan fingerprint density at radius 2 is 2.29 bits per heavy atom. The van der Waals surface area contributed by atoms with E-state index < -0.39 is 10.0 Å². The van der Waals surface area contributed by atoms with Crippen LogP contribution in [0.4, 0.5) is 0 Å². The molecule has 1 aliphatic heterocycles. The Kier molecular flexibility index (Phi) is 5.02. The van der Waals surface area contributed by atoms with Gasteiger partial charge in [0.05, 0.1) is 25.0 Å². The lowest BCUT2D eigenvalue weighted by Crippen LogP contribution is -2.39. The molecular formula is C15H23N5O3S. The lowest BCUT2D eigenvalue weighted by Gasteiger charge is -2.30. The van der Waals surface area contributed by atoms with Gasteiger partial charge in [0.15, 0.2) is 5.03 Å². The van der Waals surface area contributed by atoms with Gasteiger partial charge in [-0.3, -0.25) is 4.68 Å². The van der Waals surface area contributed by atoms with Crippen LogP contribution in [0, 0.1) is 0 Å². The molecule has 1 atom stereocenters. The molecule has 3 heterocycles. The van der Waals surface area contributed by atoms with Crippen LogP contribution in [0.15, 0.2) is 23.5 Å². The smallest absolute Gasteiger partial charge is 0.260 e. The molecule has 0 radical (unpaired) electrons. The average Bonchev–Trinajstić information content (AvgIpc) is 3.25. The Hall–Kier alpha value is -1.71. The van der Waals surface area contributed by atoms with Crippen molar-refractivity contribution >= 4 is 10.0 Å². The molecule has 132 valence electrons. The van der Waals surface area contributed by atoms with Crippen LogP contribution in [0.5, 0.6) is 0 Å². The van der Waals surface area contributed by atoms with Gasteiger partial charge in [0.25, 0.3) is 10.0 Å². The summed E-state index contributed by atoms with van der Waals surface area (Å²) >= 11 is 0. The van der Waals surface area contributed by atoms with Crippen LogP contribution < -0.4 is 0 Å². The van der Waals surface area contributed by atoms with E-state index in [1.807, 2.05) is 19.2 Å². The molecule has 0 aromatic carbocycles. The minimum absolute atomic E-state index is 0.0336. The summed E-state index contributed by atoms with van der Waals surface area (Å²) in [6.45, 7) is 3.33. The van der Waals surface area contributed by atoms with Crippen LogP contribution >= 0.6 is 0 Å². The molecule has 24 heavy (non-hydrogen) atoms. The van der Waals surface area contributed by atoms with E-state index in [-0.39, 0.29) is 17.6 Å². The number of aliphatic hydroxyl groups is 1. The molecule has 2 N–H and O–H groups in total. The number of aliphatic hydroxyl groups excluding tert-OH is 1. The van der Waals surface area contributed by atoms with Crippen molar-refractivity contribution in [2.75, 3.05) is 19.7 Å². The number of aromatic nitrogens is 4. The molecule has 0 spiro atoms. The fourth-order valence-electron chi connectivity index (χ4n) is 3.02. The summed E-state index contributed by atoms with van der Waals surface area (Å²) in [5, 5.41) is 13.6. The van der Waals surface area contributed by atoms with Crippen LogP contribution in [0.1, 0.15) is 37.2 Å². The number of hydrogen-bond donors (Lipinski definition) is 2. The van der Waals surface area contributed by atoms with Gasteiger partial charge in [-0.2, -0.15) is 9.40 Å². The van der Waals surface area contributed by atoms with E-state index in [1.165, 1.54) is 10.5 Å². The quantitative estimate of drug-likeness (QED) is 0.797. The number of hydrogen-bond acceptors (Lipinski definition) is 5. The Balaban J connectivity index is 1.76. The van der Waals surface area contributed by atoms with E-state index >= 15 is 0 Å². The highest BCUT2D eigenvalue weighted by molar-refractivity contribution is 7.89. The molecule has 0 saturated carbocycles. The highest BCUT2D eigenvalue weighted by Crippen LogP contribution is 2.29. The van der Waals surface area contributed by atoms with Crippen LogP contribution in [-0.2, 0) is 23.0 Å². The lowest BCUT2D eigenvalue weighted by atomic mass is 9.96. The molecule has 2 aromatic rings. The summed E-state index contributed by atoms with van der Waals surface area (Å²) in [6, 6.07) is 1.90. The maximum absolute atomic E-state index is 12.8. The predicted octanol–water partition coefficient (Wildman–Crippen LogP) is 0.729. The molecule has 0 aliphatic carbocycles. The molecule has 1 fully saturated rings. The van der Waals surface area contributed by atoms with Gasteiger partial charge < -0.3 is 10.1 Å². The molecule has 9 heteroatoms. The van der Waals surface area contributed by atoms with Gasteiger partial charge in [-0.1, -0.05) is 6.92 Å². The summed E-state index contributed by atoms with van der Waals surface area (Å²) in [5.74, 6) is 0.743. The van der Waals surface area contributed by atoms with Crippen molar-refractivity contribution in [3.05, 3.63) is 30.0 Å². The van der Waals surface area contributed by atoms with E-state index in [0.717, 1.165) is 18.5 Å². The van der Waals surface area contributed by atoms with E-state index in [9.17, 15) is 8.42 Å². The number of aryl methyl sites for hydroxylation is 1. The number of imidazole rings is 1. The highest BCUT2D eigenvalue weighted by atomic mass is 32.2. The second-order valence-corrected chi connectivity index (χ2v) is 7.88. The number of H-pyrrole nitrogens is 1. The first-order valence-electron chi connectivity index (χ1n) is 8.23. The monoisotopic (exact) mass is 353 g/mol. The SMILES string of the molecule is CCc1ncc(S(=O)(=O)N2CCC[C@@H](c3ccn(CCO)n3)C2)[nH]1. The summed E-state index contributed by atoms with van der Waals surface area (Å²) in [7, 11) is -3.55. The Morgan fingerprint density at radius 1 is 1.46 bits per heavy atom. The molecule has 2 aromatic heterocycles. The fourth-order valence-corrected chi connectivity index (χ4v) is 4.47. The van der Waals surface area contributed by atoms with Crippen molar-refractivity contribution in [3.8, 4) is 0 Å². The third kappa shape index (κ3) is 3.38. The zero-order valence-electron chi connectivity index (χ0n) is 13.7. The van der Waals surface area contributed by atoms with Crippen molar-refractivity contribution in [1.29, 1.82) is 0 Å². The molecule has 3 rings (SSSR count).